The molecule has 0 unspecified atom stereocenters. The number of thiocarbonyl (C=S) groups is 1. The van der Waals surface area contributed by atoms with Crippen molar-refractivity contribution in [2.45, 2.75) is 25.6 Å². The van der Waals surface area contributed by atoms with Crippen LogP contribution in [0.3, 0.4) is 0 Å². The lowest BCUT2D eigenvalue weighted by Gasteiger charge is -2.18. The zero-order valence-electron chi connectivity index (χ0n) is 16.3. The van der Waals surface area contributed by atoms with Crippen molar-refractivity contribution in [3.05, 3.63) is 68.3 Å². The molecule has 2 saturated heterocycles. The van der Waals surface area contributed by atoms with E-state index in [1.807, 2.05) is 0 Å². The minimum absolute atomic E-state index is 0.0280. The Bertz CT molecular complexity index is 1030. The molecule has 1 amide bonds. The van der Waals surface area contributed by atoms with Crippen LogP contribution in [0.25, 0.3) is 6.08 Å². The molecule has 0 aliphatic carbocycles. The molecule has 0 spiro atoms. The van der Waals surface area contributed by atoms with E-state index in [1.165, 1.54) is 23.9 Å². The minimum Gasteiger partial charge on any atom is -0.486 e. The van der Waals surface area contributed by atoms with Gasteiger partial charge in [-0.15, -0.1) is 0 Å². The summed E-state index contributed by atoms with van der Waals surface area (Å²) in [4.78, 5) is 14.9. The molecule has 2 heterocycles. The second kappa shape index (κ2) is 9.88. The highest BCUT2D eigenvalue weighted by Gasteiger charge is 2.34. The molecule has 1 atom stereocenters. The lowest BCUT2D eigenvalue weighted by atomic mass is 10.2. The van der Waals surface area contributed by atoms with Crippen molar-refractivity contribution in [1.29, 1.82) is 0 Å². The third kappa shape index (κ3) is 5.41. The number of hydrogen-bond donors (Lipinski definition) is 0. The van der Waals surface area contributed by atoms with Gasteiger partial charge in [-0.2, -0.15) is 0 Å². The summed E-state index contributed by atoms with van der Waals surface area (Å²) in [6, 6.07) is 9.44. The van der Waals surface area contributed by atoms with Gasteiger partial charge in [-0.05, 0) is 54.3 Å². The van der Waals surface area contributed by atoms with Crippen LogP contribution < -0.4 is 4.74 Å². The first-order valence-corrected chi connectivity index (χ1v) is 11.6. The molecule has 0 radical (unpaired) electrons. The van der Waals surface area contributed by atoms with Crippen molar-refractivity contribution in [2.75, 3.05) is 13.2 Å². The van der Waals surface area contributed by atoms with Gasteiger partial charge in [0.2, 0.25) is 0 Å². The molecule has 4 rings (SSSR count). The highest BCUT2D eigenvalue weighted by atomic mass is 35.5. The van der Waals surface area contributed by atoms with E-state index in [-0.39, 0.29) is 24.4 Å². The van der Waals surface area contributed by atoms with Crippen LogP contribution >= 0.6 is 47.2 Å². The van der Waals surface area contributed by atoms with E-state index in [2.05, 4.69) is 0 Å². The summed E-state index contributed by atoms with van der Waals surface area (Å²) >= 11 is 19.4. The number of rotatable bonds is 6. The van der Waals surface area contributed by atoms with Crippen LogP contribution in [0.2, 0.25) is 10.0 Å². The quantitative estimate of drug-likeness (QED) is 0.356. The Hall–Kier alpha value is -1.64. The number of ether oxygens (including phenoxy) is 2. The third-order valence-electron chi connectivity index (χ3n) is 4.87. The van der Waals surface area contributed by atoms with E-state index in [1.54, 1.807) is 35.2 Å². The number of amides is 1. The van der Waals surface area contributed by atoms with E-state index in [0.717, 1.165) is 19.4 Å². The van der Waals surface area contributed by atoms with Crippen molar-refractivity contribution in [3.8, 4) is 5.75 Å². The first-order chi connectivity index (χ1) is 14.9. The molecule has 162 valence electrons. The van der Waals surface area contributed by atoms with E-state index < -0.39 is 0 Å². The summed E-state index contributed by atoms with van der Waals surface area (Å²) in [7, 11) is 0. The Morgan fingerprint density at radius 3 is 2.74 bits per heavy atom. The number of nitrogens with zero attached hydrogens (tertiary/aromatic N) is 1. The molecule has 2 aliphatic rings. The predicted molar refractivity (Wildman–Crippen MR) is 126 cm³/mol. The van der Waals surface area contributed by atoms with Gasteiger partial charge in [-0.25, -0.2) is 4.39 Å². The molecule has 4 nitrogen and oxygen atoms in total. The first-order valence-electron chi connectivity index (χ1n) is 9.64. The molecular formula is C22H18Cl2FNO3S2. The number of benzene rings is 2. The molecule has 0 aromatic heterocycles. The van der Waals surface area contributed by atoms with Gasteiger partial charge in [0, 0.05) is 6.61 Å². The van der Waals surface area contributed by atoms with Crippen LogP contribution in [0, 0.1) is 5.82 Å². The third-order valence-corrected chi connectivity index (χ3v) is 6.81. The van der Waals surface area contributed by atoms with Gasteiger partial charge in [0.25, 0.3) is 5.91 Å². The van der Waals surface area contributed by atoms with E-state index in [0.29, 0.717) is 42.7 Å². The summed E-state index contributed by atoms with van der Waals surface area (Å²) in [5.41, 5.74) is 1.32. The van der Waals surface area contributed by atoms with Crippen LogP contribution in [-0.2, 0) is 16.1 Å². The van der Waals surface area contributed by atoms with E-state index in [9.17, 15) is 9.18 Å². The summed E-state index contributed by atoms with van der Waals surface area (Å²) in [5, 5.41) is 0.593. The fourth-order valence-corrected chi connectivity index (χ4v) is 5.27. The van der Waals surface area contributed by atoms with Crippen molar-refractivity contribution >= 4 is 63.5 Å². The monoisotopic (exact) mass is 497 g/mol. The molecule has 9 heteroatoms. The van der Waals surface area contributed by atoms with E-state index >= 15 is 0 Å². The normalized spacial score (nSPS) is 20.2. The molecule has 0 saturated carbocycles. The Morgan fingerprint density at radius 1 is 1.29 bits per heavy atom. The highest BCUT2D eigenvalue weighted by Crippen LogP contribution is 2.38. The second-order valence-electron chi connectivity index (χ2n) is 7.16. The maximum absolute atomic E-state index is 13.3. The standard InChI is InChI=1S/C22H18Cl2FNO3S2/c23-17-8-14(9-18(24)20(17)29-12-13-3-1-4-15(25)7-13)10-19-21(27)26(22(30)31-19)11-16-5-2-6-28-16/h1,3-4,7-10,16H,2,5-6,11-12H2/b19-10-/t16-/m0/s1. The average molecular weight is 498 g/mol. The smallest absolute Gasteiger partial charge is 0.266 e. The van der Waals surface area contributed by atoms with Crippen molar-refractivity contribution < 1.29 is 18.7 Å². The van der Waals surface area contributed by atoms with Gasteiger partial charge in [0.15, 0.2) is 5.75 Å². The first kappa shape index (κ1) is 22.6. The molecule has 2 aromatic rings. The second-order valence-corrected chi connectivity index (χ2v) is 9.65. The largest absolute Gasteiger partial charge is 0.486 e. The Balaban J connectivity index is 1.48. The minimum atomic E-state index is -0.342. The van der Waals surface area contributed by atoms with Crippen LogP contribution in [0.5, 0.6) is 5.75 Å². The number of thioether (sulfide) groups is 1. The van der Waals surface area contributed by atoms with Gasteiger partial charge in [0.1, 0.15) is 16.7 Å². The van der Waals surface area contributed by atoms with Crippen molar-refractivity contribution in [1.82, 2.24) is 4.90 Å². The molecule has 2 fully saturated rings. The van der Waals surface area contributed by atoms with Gasteiger partial charge >= 0.3 is 0 Å². The Labute approximate surface area is 199 Å². The molecule has 0 bridgehead atoms. The SMILES string of the molecule is O=C1/C(=C/c2cc(Cl)c(OCc3cccc(F)c3)c(Cl)c2)SC(=S)N1C[C@@H]1CCCO1. The number of halogens is 3. The molecular weight excluding hydrogens is 480 g/mol. The van der Waals surface area contributed by atoms with Gasteiger partial charge in [-0.1, -0.05) is 59.3 Å². The zero-order valence-corrected chi connectivity index (χ0v) is 19.4. The van der Waals surface area contributed by atoms with Crippen molar-refractivity contribution in [3.63, 3.8) is 0 Å². The number of carbonyl (C=O) groups is 1. The van der Waals surface area contributed by atoms with Crippen LogP contribution in [0.15, 0.2) is 41.3 Å². The number of hydrogen-bond acceptors (Lipinski definition) is 5. The zero-order chi connectivity index (χ0) is 22.0. The van der Waals surface area contributed by atoms with Crippen molar-refractivity contribution in [2.24, 2.45) is 0 Å². The number of carbonyl (C=O) groups excluding carboxylic acids is 1. The fraction of sp³-hybridized carbons (Fsp3) is 0.273. The molecule has 31 heavy (non-hydrogen) atoms. The maximum Gasteiger partial charge on any atom is 0.266 e. The maximum atomic E-state index is 13.3. The van der Waals surface area contributed by atoms with Gasteiger partial charge in [0.05, 0.1) is 27.6 Å². The van der Waals surface area contributed by atoms with Crippen LogP contribution in [0.4, 0.5) is 4.39 Å². The van der Waals surface area contributed by atoms with Crippen LogP contribution in [0.1, 0.15) is 24.0 Å². The topological polar surface area (TPSA) is 38.8 Å². The van der Waals surface area contributed by atoms with Gasteiger partial charge < -0.3 is 9.47 Å². The predicted octanol–water partition coefficient (Wildman–Crippen LogP) is 6.09. The molecule has 2 aromatic carbocycles. The Morgan fingerprint density at radius 2 is 2.06 bits per heavy atom. The molecule has 0 N–H and O–H groups in total. The van der Waals surface area contributed by atoms with Gasteiger partial charge in [-0.3, -0.25) is 9.69 Å². The van der Waals surface area contributed by atoms with Crippen LogP contribution in [-0.4, -0.2) is 34.4 Å². The lowest BCUT2D eigenvalue weighted by molar-refractivity contribution is -0.123. The molecule has 2 aliphatic heterocycles. The summed E-state index contributed by atoms with van der Waals surface area (Å²) in [6.45, 7) is 1.31. The summed E-state index contributed by atoms with van der Waals surface area (Å²) in [5.74, 6) is -0.190. The summed E-state index contributed by atoms with van der Waals surface area (Å²) in [6.07, 6.45) is 3.67. The van der Waals surface area contributed by atoms with E-state index in [4.69, 9.17) is 44.9 Å². The Kier molecular flexibility index (Phi) is 7.19. The fourth-order valence-electron chi connectivity index (χ4n) is 3.38. The summed E-state index contributed by atoms with van der Waals surface area (Å²) < 4.78 is 25.2. The lowest BCUT2D eigenvalue weighted by Crippen LogP contribution is -2.35. The highest BCUT2D eigenvalue weighted by molar-refractivity contribution is 8.26. The average Bonchev–Trinajstić information content (AvgIpc) is 3.32.